The lowest BCUT2D eigenvalue weighted by Gasteiger charge is -2.39. The Kier molecular flexibility index (Phi) is 8.10. The molecule has 2 heteroatoms. The van der Waals surface area contributed by atoms with Gasteiger partial charge in [-0.05, 0) is 112 Å². The number of aromatic nitrogens is 1. The van der Waals surface area contributed by atoms with E-state index in [0.717, 1.165) is 32.1 Å². The van der Waals surface area contributed by atoms with Gasteiger partial charge in [-0.1, -0.05) is 160 Å². The SMILES string of the molecule is CC1(C)c2ccccc2C2=CC=C(N(C3=CCC(c4ccc5ccccc5c4C4C=CC=CC4)C=C3)C3=c4c(n(-c5ccccc5)c5ccccc45)=CCC3)CC21. The van der Waals surface area contributed by atoms with Crippen molar-refractivity contribution in [1.29, 1.82) is 0 Å². The molecule has 0 fully saturated rings. The van der Waals surface area contributed by atoms with Crippen molar-refractivity contribution in [2.45, 2.75) is 63.2 Å². The van der Waals surface area contributed by atoms with Gasteiger partial charge in [-0.25, -0.2) is 0 Å². The minimum absolute atomic E-state index is 0.0459. The van der Waals surface area contributed by atoms with Crippen LogP contribution in [0.3, 0.4) is 0 Å². The Balaban J connectivity index is 1.08. The lowest BCUT2D eigenvalue weighted by Crippen LogP contribution is -2.39. The third-order valence-corrected chi connectivity index (χ3v) is 13.6. The maximum absolute atomic E-state index is 2.70. The monoisotopic (exact) mass is 736 g/mol. The third-order valence-electron chi connectivity index (χ3n) is 13.6. The van der Waals surface area contributed by atoms with E-state index < -0.39 is 0 Å². The molecule has 5 aliphatic rings. The average molecular weight is 737 g/mol. The van der Waals surface area contributed by atoms with Gasteiger partial charge in [-0.2, -0.15) is 0 Å². The van der Waals surface area contributed by atoms with Gasteiger partial charge in [0.05, 0.1) is 10.9 Å². The van der Waals surface area contributed by atoms with Gasteiger partial charge in [0.2, 0.25) is 0 Å². The number of fused-ring (bicyclic) bond motifs is 7. The molecule has 0 N–H and O–H groups in total. The van der Waals surface area contributed by atoms with E-state index in [2.05, 4.69) is 199 Å². The summed E-state index contributed by atoms with van der Waals surface area (Å²) >= 11 is 0. The first-order chi connectivity index (χ1) is 28.1. The standard InChI is InChI=1S/C55H48N2/c1-55(2)48-24-13-11-22-45(48)46-35-33-42(36-49(46)55)56(51-26-15-27-52-54(51)47-23-12-14-25-50(47)57(52)40-19-7-4-8-20-40)41-31-28-38(29-32-41)44-34-30-37-16-9-10-21-43(37)53(44)39-17-5-3-6-18-39/h3-14,16-17,19-25,27-28,30-35,38-39,49H,15,18,26,29,36H2,1-2H3. The Morgan fingerprint density at radius 2 is 1.51 bits per heavy atom. The van der Waals surface area contributed by atoms with Crippen molar-refractivity contribution in [1.82, 2.24) is 9.47 Å². The summed E-state index contributed by atoms with van der Waals surface area (Å²) in [7, 11) is 0. The first kappa shape index (κ1) is 34.2. The molecule has 6 aromatic rings. The second-order valence-electron chi connectivity index (χ2n) is 17.1. The van der Waals surface area contributed by atoms with Crippen LogP contribution in [-0.2, 0) is 5.41 Å². The second-order valence-corrected chi connectivity index (χ2v) is 17.1. The molecule has 11 rings (SSSR count). The van der Waals surface area contributed by atoms with Crippen LogP contribution in [0, 0.1) is 5.92 Å². The quantitative estimate of drug-likeness (QED) is 0.165. The van der Waals surface area contributed by atoms with Gasteiger partial charge >= 0.3 is 0 Å². The van der Waals surface area contributed by atoms with Crippen LogP contribution in [0.25, 0.3) is 44.7 Å². The zero-order valence-electron chi connectivity index (χ0n) is 32.9. The van der Waals surface area contributed by atoms with Crippen LogP contribution >= 0.6 is 0 Å². The second kappa shape index (κ2) is 13.5. The molecule has 0 bridgehead atoms. The molecular weight excluding hydrogens is 689 g/mol. The molecular formula is C55H48N2. The highest BCUT2D eigenvalue weighted by molar-refractivity contribution is 5.89. The fourth-order valence-electron chi connectivity index (χ4n) is 10.9. The molecule has 0 spiro atoms. The molecule has 278 valence electrons. The molecule has 1 heterocycles. The van der Waals surface area contributed by atoms with Crippen LogP contribution in [-0.4, -0.2) is 9.47 Å². The fraction of sp³-hybridized carbons (Fsp3) is 0.200. The summed E-state index contributed by atoms with van der Waals surface area (Å²) in [6.45, 7) is 4.92. The lowest BCUT2D eigenvalue weighted by atomic mass is 9.73. The van der Waals surface area contributed by atoms with Crippen molar-refractivity contribution in [2.24, 2.45) is 5.92 Å². The highest BCUT2D eigenvalue weighted by atomic mass is 15.2. The Morgan fingerprint density at radius 3 is 2.35 bits per heavy atom. The maximum atomic E-state index is 2.70. The minimum atomic E-state index is 0.0459. The van der Waals surface area contributed by atoms with Gasteiger partial charge in [0, 0.05) is 45.2 Å². The zero-order chi connectivity index (χ0) is 38.1. The summed E-state index contributed by atoms with van der Waals surface area (Å²) in [6.07, 6.45) is 29.1. The number of benzene rings is 5. The summed E-state index contributed by atoms with van der Waals surface area (Å²) in [5, 5.41) is 6.71. The van der Waals surface area contributed by atoms with E-state index in [-0.39, 0.29) is 5.41 Å². The number of para-hydroxylation sites is 2. The van der Waals surface area contributed by atoms with Crippen LogP contribution in [0.4, 0.5) is 0 Å². The molecule has 5 aliphatic carbocycles. The number of hydrogen-bond acceptors (Lipinski definition) is 1. The summed E-state index contributed by atoms with van der Waals surface area (Å²) in [4.78, 5) is 2.70. The van der Waals surface area contributed by atoms with Crippen LogP contribution in [0.2, 0.25) is 0 Å². The maximum Gasteiger partial charge on any atom is 0.0541 e. The minimum Gasteiger partial charge on any atom is -0.318 e. The number of nitrogens with zero attached hydrogens (tertiary/aromatic N) is 2. The Morgan fingerprint density at radius 1 is 0.702 bits per heavy atom. The van der Waals surface area contributed by atoms with Crippen molar-refractivity contribution in [3.8, 4) is 5.69 Å². The van der Waals surface area contributed by atoms with Gasteiger partial charge in [0.1, 0.15) is 0 Å². The highest BCUT2D eigenvalue weighted by Crippen LogP contribution is 2.54. The van der Waals surface area contributed by atoms with Crippen molar-refractivity contribution in [2.75, 3.05) is 0 Å². The predicted molar refractivity (Wildman–Crippen MR) is 239 cm³/mol. The molecule has 0 saturated heterocycles. The van der Waals surface area contributed by atoms with E-state index >= 15 is 0 Å². The molecule has 3 unspecified atom stereocenters. The largest absolute Gasteiger partial charge is 0.318 e. The van der Waals surface area contributed by atoms with Crippen LogP contribution in [0.5, 0.6) is 0 Å². The molecule has 0 amide bonds. The van der Waals surface area contributed by atoms with E-state index in [9.17, 15) is 0 Å². The van der Waals surface area contributed by atoms with E-state index in [1.54, 1.807) is 0 Å². The summed E-state index contributed by atoms with van der Waals surface area (Å²) in [6, 6.07) is 42.8. The predicted octanol–water partition coefficient (Wildman–Crippen LogP) is 12.3. The van der Waals surface area contributed by atoms with Gasteiger partial charge in [0.15, 0.2) is 0 Å². The van der Waals surface area contributed by atoms with E-state index in [4.69, 9.17) is 0 Å². The Hall–Kier alpha value is -6.12. The first-order valence-electron chi connectivity index (χ1n) is 21.0. The Labute approximate surface area is 336 Å². The number of rotatable bonds is 6. The summed E-state index contributed by atoms with van der Waals surface area (Å²) < 4.78 is 2.49. The number of hydrogen-bond donors (Lipinski definition) is 0. The van der Waals surface area contributed by atoms with E-state index in [1.807, 2.05) is 0 Å². The third kappa shape index (κ3) is 5.45. The Bertz CT molecular complexity index is 2920. The topological polar surface area (TPSA) is 8.17 Å². The van der Waals surface area contributed by atoms with Crippen molar-refractivity contribution in [3.63, 3.8) is 0 Å². The zero-order valence-corrected chi connectivity index (χ0v) is 32.9. The average Bonchev–Trinajstić information content (AvgIpc) is 3.73. The molecule has 2 nitrogen and oxygen atoms in total. The lowest BCUT2D eigenvalue weighted by molar-refractivity contribution is 0.382. The molecule has 1 aromatic heterocycles. The molecule has 0 saturated carbocycles. The van der Waals surface area contributed by atoms with Gasteiger partial charge in [-0.3, -0.25) is 0 Å². The van der Waals surface area contributed by atoms with Crippen LogP contribution in [0.1, 0.15) is 80.0 Å². The van der Waals surface area contributed by atoms with Gasteiger partial charge < -0.3 is 9.47 Å². The highest BCUT2D eigenvalue weighted by Gasteiger charge is 2.44. The number of allylic oxidation sites excluding steroid dienone is 11. The fourth-order valence-corrected chi connectivity index (χ4v) is 10.9. The van der Waals surface area contributed by atoms with Crippen LogP contribution in [0.15, 0.2) is 181 Å². The molecule has 3 atom stereocenters. The smallest absolute Gasteiger partial charge is 0.0541 e. The summed E-state index contributed by atoms with van der Waals surface area (Å²) in [5.74, 6) is 1.11. The van der Waals surface area contributed by atoms with Crippen molar-refractivity contribution < 1.29 is 0 Å². The van der Waals surface area contributed by atoms with Gasteiger partial charge in [-0.15, -0.1) is 0 Å². The normalized spacial score (nSPS) is 21.7. The molecule has 5 aromatic carbocycles. The van der Waals surface area contributed by atoms with E-state index in [1.165, 1.54) is 82.8 Å². The molecule has 0 radical (unpaired) electrons. The molecule has 57 heavy (non-hydrogen) atoms. The summed E-state index contributed by atoms with van der Waals surface area (Å²) in [5.41, 5.74) is 14.0. The first-order valence-corrected chi connectivity index (χ1v) is 21.0. The molecule has 0 aliphatic heterocycles. The van der Waals surface area contributed by atoms with Crippen LogP contribution < -0.4 is 10.6 Å². The van der Waals surface area contributed by atoms with Gasteiger partial charge in [0.25, 0.3) is 0 Å². The van der Waals surface area contributed by atoms with Crippen molar-refractivity contribution in [3.05, 3.63) is 214 Å². The van der Waals surface area contributed by atoms with E-state index in [0.29, 0.717) is 17.8 Å². The van der Waals surface area contributed by atoms with Crippen molar-refractivity contribution >= 4 is 39.0 Å².